The third-order valence-corrected chi connectivity index (χ3v) is 7.83. The molecule has 3 heterocycles. The molecular formula is C30H28N2O8S. The number of carboxylic acids is 1. The van der Waals surface area contributed by atoms with Gasteiger partial charge in [0, 0.05) is 22.8 Å². The standard InChI is InChI=1S/C30H28N2O8S/c1-5-39-29(36)25-16(2)31-30-32(26(25)21-14-17(37-3)10-12-22(21)38-4)27(33)24(41-30)15-18-11-13-23(40-18)19-8-6-7-9-20(19)28(34)35/h6,8,10-15,26H,5,7,9H2,1-4H3,(H,34,35). The van der Waals surface area contributed by atoms with Crippen molar-refractivity contribution in [2.75, 3.05) is 20.8 Å². The van der Waals surface area contributed by atoms with Gasteiger partial charge in [0.25, 0.3) is 5.56 Å². The third-order valence-electron chi connectivity index (χ3n) is 6.84. The summed E-state index contributed by atoms with van der Waals surface area (Å²) in [4.78, 5) is 43.8. The number of aliphatic carboxylic acids is 1. The Kier molecular flexibility index (Phi) is 7.80. The molecule has 1 N–H and O–H groups in total. The largest absolute Gasteiger partial charge is 0.497 e. The first-order valence-corrected chi connectivity index (χ1v) is 13.7. The number of thiazole rings is 1. The molecule has 0 spiro atoms. The summed E-state index contributed by atoms with van der Waals surface area (Å²) in [6.45, 7) is 3.56. The molecule has 212 valence electrons. The van der Waals surface area contributed by atoms with Gasteiger partial charge in [-0.05, 0) is 57.0 Å². The van der Waals surface area contributed by atoms with E-state index in [2.05, 4.69) is 4.99 Å². The summed E-state index contributed by atoms with van der Waals surface area (Å²) in [5.41, 5.74) is 1.57. The smallest absolute Gasteiger partial charge is 0.338 e. The highest BCUT2D eigenvalue weighted by Gasteiger charge is 2.35. The van der Waals surface area contributed by atoms with Crippen molar-refractivity contribution in [1.82, 2.24) is 4.57 Å². The van der Waals surface area contributed by atoms with Gasteiger partial charge in [-0.3, -0.25) is 9.36 Å². The first kappa shape index (κ1) is 27.9. The fraction of sp³-hybridized carbons (Fsp3) is 0.267. The summed E-state index contributed by atoms with van der Waals surface area (Å²) in [5, 5.41) is 9.60. The van der Waals surface area contributed by atoms with Crippen LogP contribution < -0.4 is 24.4 Å². The minimum Gasteiger partial charge on any atom is -0.497 e. The van der Waals surface area contributed by atoms with Crippen LogP contribution >= 0.6 is 11.3 Å². The number of furan rings is 1. The summed E-state index contributed by atoms with van der Waals surface area (Å²) in [5.74, 6) is 0.180. The molecule has 1 aliphatic heterocycles. The Morgan fingerprint density at radius 1 is 1.22 bits per heavy atom. The molecule has 11 heteroatoms. The molecule has 3 aromatic rings. The molecule has 2 aromatic heterocycles. The molecular weight excluding hydrogens is 548 g/mol. The lowest BCUT2D eigenvalue weighted by Gasteiger charge is -2.26. The Labute approximate surface area is 238 Å². The Hall–Kier alpha value is -4.64. The highest BCUT2D eigenvalue weighted by atomic mass is 32.1. The Morgan fingerprint density at radius 2 is 2.02 bits per heavy atom. The van der Waals surface area contributed by atoms with Gasteiger partial charge in [0.2, 0.25) is 0 Å². The maximum Gasteiger partial charge on any atom is 0.338 e. The number of hydrogen-bond donors (Lipinski definition) is 1. The molecule has 5 rings (SSSR count). The van der Waals surface area contributed by atoms with E-state index in [1.165, 1.54) is 18.8 Å². The fourth-order valence-electron chi connectivity index (χ4n) is 4.96. The van der Waals surface area contributed by atoms with Gasteiger partial charge in [-0.15, -0.1) is 0 Å². The van der Waals surface area contributed by atoms with E-state index < -0.39 is 18.0 Å². The van der Waals surface area contributed by atoms with Crippen LogP contribution in [0.2, 0.25) is 0 Å². The SMILES string of the molecule is CCOC(=O)C1=C(C)N=c2sc(=Cc3ccc(C4=C(C(=O)O)CCC=C4)o3)c(=O)n2C1c1cc(OC)ccc1OC. The van der Waals surface area contributed by atoms with Crippen LogP contribution in [-0.2, 0) is 14.3 Å². The number of carboxylic acid groups (broad SMARTS) is 1. The molecule has 2 aliphatic rings. The van der Waals surface area contributed by atoms with Gasteiger partial charge >= 0.3 is 11.9 Å². The quantitative estimate of drug-likeness (QED) is 0.403. The summed E-state index contributed by atoms with van der Waals surface area (Å²) < 4.78 is 24.1. The van der Waals surface area contributed by atoms with Gasteiger partial charge in [0.05, 0.1) is 36.6 Å². The predicted octanol–water partition coefficient (Wildman–Crippen LogP) is 3.60. The lowest BCUT2D eigenvalue weighted by Crippen LogP contribution is -2.40. The lowest BCUT2D eigenvalue weighted by molar-refractivity contribution is -0.139. The fourth-order valence-corrected chi connectivity index (χ4v) is 5.99. The predicted molar refractivity (Wildman–Crippen MR) is 152 cm³/mol. The Balaban J connectivity index is 1.68. The third kappa shape index (κ3) is 5.16. The number of hydrogen-bond acceptors (Lipinski definition) is 9. The van der Waals surface area contributed by atoms with Crippen LogP contribution in [0, 0.1) is 0 Å². The molecule has 0 saturated heterocycles. The second-order valence-corrected chi connectivity index (χ2v) is 10.3. The van der Waals surface area contributed by atoms with E-state index in [4.69, 9.17) is 18.6 Å². The normalized spacial score (nSPS) is 16.9. The van der Waals surface area contributed by atoms with E-state index in [0.29, 0.717) is 62.0 Å². The van der Waals surface area contributed by atoms with Gasteiger partial charge in [0.15, 0.2) is 4.80 Å². The van der Waals surface area contributed by atoms with E-state index in [1.54, 1.807) is 56.3 Å². The number of benzene rings is 1. The maximum atomic E-state index is 13.9. The number of allylic oxidation sites excluding steroid dienone is 4. The van der Waals surface area contributed by atoms with Crippen molar-refractivity contribution >= 4 is 34.9 Å². The van der Waals surface area contributed by atoms with Gasteiger partial charge in [-0.1, -0.05) is 23.5 Å². The van der Waals surface area contributed by atoms with Gasteiger partial charge in [0.1, 0.15) is 29.1 Å². The number of methoxy groups -OCH3 is 2. The van der Waals surface area contributed by atoms with Crippen molar-refractivity contribution in [3.63, 3.8) is 0 Å². The van der Waals surface area contributed by atoms with Gasteiger partial charge in [-0.25, -0.2) is 14.6 Å². The maximum absolute atomic E-state index is 13.9. The molecule has 0 fully saturated rings. The lowest BCUT2D eigenvalue weighted by atomic mass is 9.95. The van der Waals surface area contributed by atoms with Crippen molar-refractivity contribution < 1.29 is 33.3 Å². The van der Waals surface area contributed by atoms with E-state index in [1.807, 2.05) is 6.08 Å². The van der Waals surface area contributed by atoms with Gasteiger partial charge in [-0.2, -0.15) is 0 Å². The summed E-state index contributed by atoms with van der Waals surface area (Å²) in [7, 11) is 3.04. The summed E-state index contributed by atoms with van der Waals surface area (Å²) in [6.07, 6.45) is 6.28. The number of carbonyl (C=O) groups excluding carboxylic acids is 1. The topological polar surface area (TPSA) is 130 Å². The highest BCUT2D eigenvalue weighted by molar-refractivity contribution is 7.07. The first-order valence-electron chi connectivity index (χ1n) is 12.9. The van der Waals surface area contributed by atoms with Crippen LogP contribution in [0.25, 0.3) is 11.6 Å². The molecule has 0 amide bonds. The minimum atomic E-state index is -0.989. The molecule has 0 saturated carbocycles. The van der Waals surface area contributed by atoms with E-state index >= 15 is 0 Å². The van der Waals surface area contributed by atoms with E-state index in [9.17, 15) is 19.5 Å². The monoisotopic (exact) mass is 576 g/mol. The van der Waals surface area contributed by atoms with Crippen molar-refractivity contribution in [1.29, 1.82) is 0 Å². The molecule has 0 radical (unpaired) electrons. The summed E-state index contributed by atoms with van der Waals surface area (Å²) >= 11 is 1.15. The van der Waals surface area contributed by atoms with E-state index in [0.717, 1.165) is 11.3 Å². The van der Waals surface area contributed by atoms with Crippen LogP contribution in [0.5, 0.6) is 11.5 Å². The Bertz CT molecular complexity index is 1820. The van der Waals surface area contributed by atoms with Crippen LogP contribution in [0.4, 0.5) is 0 Å². The van der Waals surface area contributed by atoms with Crippen molar-refractivity contribution in [3.05, 3.63) is 96.1 Å². The minimum absolute atomic E-state index is 0.151. The number of aromatic nitrogens is 1. The zero-order valence-corrected chi connectivity index (χ0v) is 23.7. The molecule has 1 aliphatic carbocycles. The molecule has 0 bridgehead atoms. The van der Waals surface area contributed by atoms with Crippen molar-refractivity contribution in [2.45, 2.75) is 32.7 Å². The number of rotatable bonds is 8. The molecule has 1 atom stereocenters. The second kappa shape index (κ2) is 11.5. The number of carbonyl (C=O) groups is 2. The average Bonchev–Trinajstić information content (AvgIpc) is 3.56. The zero-order valence-electron chi connectivity index (χ0n) is 22.9. The van der Waals surface area contributed by atoms with Crippen LogP contribution in [0.15, 0.2) is 73.5 Å². The molecule has 10 nitrogen and oxygen atoms in total. The van der Waals surface area contributed by atoms with Crippen LogP contribution in [0.1, 0.15) is 49.8 Å². The van der Waals surface area contributed by atoms with Crippen molar-refractivity contribution in [3.8, 4) is 11.5 Å². The number of fused-ring (bicyclic) bond motifs is 1. The number of esters is 1. The number of nitrogens with zero attached hydrogens (tertiary/aromatic N) is 2. The molecule has 1 unspecified atom stereocenters. The van der Waals surface area contributed by atoms with Crippen molar-refractivity contribution in [2.24, 2.45) is 4.99 Å². The van der Waals surface area contributed by atoms with E-state index in [-0.39, 0.29) is 23.3 Å². The second-order valence-electron chi connectivity index (χ2n) is 9.25. The summed E-state index contributed by atoms with van der Waals surface area (Å²) in [6, 6.07) is 7.65. The first-order chi connectivity index (χ1) is 19.8. The van der Waals surface area contributed by atoms with Crippen LogP contribution in [0.3, 0.4) is 0 Å². The van der Waals surface area contributed by atoms with Crippen LogP contribution in [-0.4, -0.2) is 42.4 Å². The molecule has 41 heavy (non-hydrogen) atoms. The highest BCUT2D eigenvalue weighted by Crippen LogP contribution is 2.38. The number of ether oxygens (including phenoxy) is 3. The average molecular weight is 577 g/mol. The molecule has 1 aromatic carbocycles. The van der Waals surface area contributed by atoms with Gasteiger partial charge < -0.3 is 23.7 Å². The zero-order chi connectivity index (χ0) is 29.3. The Morgan fingerprint density at radius 3 is 2.73 bits per heavy atom.